The van der Waals surface area contributed by atoms with E-state index in [0.29, 0.717) is 49.5 Å². The molecule has 0 radical (unpaired) electrons. The van der Waals surface area contributed by atoms with Crippen molar-refractivity contribution in [3.8, 4) is 0 Å². The molecule has 3 atom stereocenters. The van der Waals surface area contributed by atoms with Crippen molar-refractivity contribution < 1.29 is 14.3 Å². The molecule has 7 nitrogen and oxygen atoms in total. The third-order valence-corrected chi connectivity index (χ3v) is 6.84. The Balaban J connectivity index is 1.72. The molecule has 3 unspecified atom stereocenters. The molecule has 1 aliphatic carbocycles. The van der Waals surface area contributed by atoms with E-state index in [9.17, 15) is 9.59 Å². The lowest BCUT2D eigenvalue weighted by Gasteiger charge is -2.33. The van der Waals surface area contributed by atoms with E-state index in [2.05, 4.69) is 12.1 Å². The van der Waals surface area contributed by atoms with Crippen molar-refractivity contribution in [3.63, 3.8) is 0 Å². The molecule has 1 aromatic heterocycles. The molecular formula is C28H35N3O4. The summed E-state index contributed by atoms with van der Waals surface area (Å²) in [5.41, 5.74) is 1.76. The molecule has 0 bridgehead atoms. The molecule has 2 aromatic carbocycles. The normalized spacial score (nSPS) is 17.9. The van der Waals surface area contributed by atoms with Crippen LogP contribution in [-0.2, 0) is 20.8 Å². The molecule has 0 spiro atoms. The molecule has 0 aliphatic heterocycles. The first kappa shape index (κ1) is 25.1. The van der Waals surface area contributed by atoms with Crippen LogP contribution in [0.15, 0.2) is 59.4 Å². The molecule has 1 aliphatic rings. The maximum atomic E-state index is 13.9. The number of carbonyl (C=O) groups excluding carboxylic acids is 1. The number of hydrogen-bond acceptors (Lipinski definition) is 5. The number of para-hydroxylation sites is 1. The minimum absolute atomic E-state index is 0.0476. The average molecular weight is 478 g/mol. The van der Waals surface area contributed by atoms with Gasteiger partial charge in [0, 0.05) is 33.3 Å². The number of benzene rings is 2. The fourth-order valence-corrected chi connectivity index (χ4v) is 4.93. The zero-order valence-corrected chi connectivity index (χ0v) is 20.9. The van der Waals surface area contributed by atoms with Crippen LogP contribution >= 0.6 is 0 Å². The van der Waals surface area contributed by atoms with E-state index < -0.39 is 0 Å². The van der Waals surface area contributed by atoms with Crippen LogP contribution in [0.2, 0.25) is 0 Å². The van der Waals surface area contributed by atoms with Gasteiger partial charge in [0.05, 0.1) is 30.1 Å². The topological polar surface area (TPSA) is 73.7 Å². The third-order valence-electron chi connectivity index (χ3n) is 6.84. The van der Waals surface area contributed by atoms with Crippen LogP contribution in [0, 0.1) is 5.92 Å². The summed E-state index contributed by atoms with van der Waals surface area (Å²) >= 11 is 0. The summed E-state index contributed by atoms with van der Waals surface area (Å²) in [7, 11) is 3.29. The molecular weight excluding hydrogens is 442 g/mol. The third kappa shape index (κ3) is 5.46. The van der Waals surface area contributed by atoms with E-state index in [1.54, 1.807) is 24.9 Å². The predicted molar refractivity (Wildman–Crippen MR) is 136 cm³/mol. The summed E-state index contributed by atoms with van der Waals surface area (Å²) in [5, 5.41) is 0.575. The number of hydrogen-bond donors (Lipinski definition) is 0. The number of aromatic nitrogens is 2. The largest absolute Gasteiger partial charge is 0.385 e. The van der Waals surface area contributed by atoms with E-state index in [-0.39, 0.29) is 29.3 Å². The molecule has 3 aromatic rings. The highest BCUT2D eigenvalue weighted by atomic mass is 16.5. The van der Waals surface area contributed by atoms with Crippen LogP contribution in [-0.4, -0.2) is 54.3 Å². The highest BCUT2D eigenvalue weighted by Crippen LogP contribution is 2.49. The van der Waals surface area contributed by atoms with Gasteiger partial charge >= 0.3 is 0 Å². The zero-order chi connectivity index (χ0) is 24.8. The van der Waals surface area contributed by atoms with Crippen LogP contribution < -0.4 is 5.56 Å². The molecule has 1 amide bonds. The molecule has 186 valence electrons. The Morgan fingerprint density at radius 2 is 1.80 bits per heavy atom. The van der Waals surface area contributed by atoms with Crippen molar-refractivity contribution in [2.24, 2.45) is 5.92 Å². The van der Waals surface area contributed by atoms with Gasteiger partial charge in [-0.05, 0) is 42.9 Å². The van der Waals surface area contributed by atoms with Crippen LogP contribution in [0.25, 0.3) is 10.9 Å². The first-order chi connectivity index (χ1) is 17.1. The van der Waals surface area contributed by atoms with Crippen molar-refractivity contribution in [1.82, 2.24) is 14.5 Å². The number of fused-ring (bicyclic) bond motifs is 1. The van der Waals surface area contributed by atoms with Gasteiger partial charge in [0.15, 0.2) is 0 Å². The van der Waals surface area contributed by atoms with Crippen LogP contribution in [0.1, 0.15) is 49.5 Å². The smallest absolute Gasteiger partial charge is 0.261 e. The maximum Gasteiger partial charge on any atom is 0.261 e. The van der Waals surface area contributed by atoms with Gasteiger partial charge in [-0.2, -0.15) is 0 Å². The molecule has 0 saturated heterocycles. The number of ether oxygens (including phenoxy) is 2. The monoisotopic (exact) mass is 477 g/mol. The average Bonchev–Trinajstić information content (AvgIpc) is 3.69. The molecule has 1 fully saturated rings. The van der Waals surface area contributed by atoms with Gasteiger partial charge in [0.1, 0.15) is 5.82 Å². The first-order valence-corrected chi connectivity index (χ1v) is 12.4. The molecule has 1 heterocycles. The lowest BCUT2D eigenvalue weighted by atomic mass is 10.1. The number of rotatable bonds is 12. The second-order valence-corrected chi connectivity index (χ2v) is 9.10. The number of carbonyl (C=O) groups is 1. The fourth-order valence-electron chi connectivity index (χ4n) is 4.93. The Bertz CT molecular complexity index is 1190. The minimum Gasteiger partial charge on any atom is -0.385 e. The Hall–Kier alpha value is -3.03. The highest BCUT2D eigenvalue weighted by molar-refractivity contribution is 5.83. The summed E-state index contributed by atoms with van der Waals surface area (Å²) in [6.07, 6.45) is 2.22. The van der Waals surface area contributed by atoms with Gasteiger partial charge in [0.25, 0.3) is 5.56 Å². The highest BCUT2D eigenvalue weighted by Gasteiger charge is 2.47. The van der Waals surface area contributed by atoms with E-state index >= 15 is 0 Å². The van der Waals surface area contributed by atoms with Gasteiger partial charge in [-0.15, -0.1) is 0 Å². The zero-order valence-electron chi connectivity index (χ0n) is 20.9. The van der Waals surface area contributed by atoms with Crippen molar-refractivity contribution in [2.45, 2.75) is 44.7 Å². The van der Waals surface area contributed by atoms with Gasteiger partial charge in [0.2, 0.25) is 5.91 Å². The fraction of sp³-hybridized carbons (Fsp3) is 0.464. The SMILES string of the molecule is CCC(c1nc2ccccc2c(=O)n1CCOC)N(CCCOC)C(=O)C1CC1c1ccccc1. The van der Waals surface area contributed by atoms with Crippen molar-refractivity contribution in [2.75, 3.05) is 34.0 Å². The number of amides is 1. The molecule has 0 N–H and O–H groups in total. The van der Waals surface area contributed by atoms with Gasteiger partial charge in [-0.3, -0.25) is 14.2 Å². The van der Waals surface area contributed by atoms with Crippen molar-refractivity contribution in [1.29, 1.82) is 0 Å². The Morgan fingerprint density at radius 3 is 2.51 bits per heavy atom. The van der Waals surface area contributed by atoms with Gasteiger partial charge in [-0.1, -0.05) is 49.4 Å². The Morgan fingerprint density at radius 1 is 1.09 bits per heavy atom. The predicted octanol–water partition coefficient (Wildman–Crippen LogP) is 4.16. The number of nitrogens with zero attached hydrogens (tertiary/aromatic N) is 3. The maximum absolute atomic E-state index is 13.9. The summed E-state index contributed by atoms with van der Waals surface area (Å²) in [6.45, 7) is 3.94. The van der Waals surface area contributed by atoms with Crippen LogP contribution in [0.3, 0.4) is 0 Å². The van der Waals surface area contributed by atoms with E-state index in [1.165, 1.54) is 5.56 Å². The molecule has 7 heteroatoms. The summed E-state index contributed by atoms with van der Waals surface area (Å²) < 4.78 is 12.3. The number of methoxy groups -OCH3 is 2. The van der Waals surface area contributed by atoms with Gasteiger partial charge < -0.3 is 14.4 Å². The summed E-state index contributed by atoms with van der Waals surface area (Å²) in [4.78, 5) is 34.2. The lowest BCUT2D eigenvalue weighted by Crippen LogP contribution is -2.41. The minimum atomic E-state index is -0.314. The summed E-state index contributed by atoms with van der Waals surface area (Å²) in [5.74, 6) is 0.943. The van der Waals surface area contributed by atoms with Crippen molar-refractivity contribution in [3.05, 3.63) is 76.3 Å². The molecule has 1 saturated carbocycles. The first-order valence-electron chi connectivity index (χ1n) is 12.4. The second-order valence-electron chi connectivity index (χ2n) is 9.10. The Labute approximate surface area is 206 Å². The molecule has 4 rings (SSSR count). The molecule has 35 heavy (non-hydrogen) atoms. The quantitative estimate of drug-likeness (QED) is 0.366. The van der Waals surface area contributed by atoms with Crippen LogP contribution in [0.4, 0.5) is 0 Å². The van der Waals surface area contributed by atoms with E-state index in [0.717, 1.165) is 12.8 Å². The van der Waals surface area contributed by atoms with Crippen LogP contribution in [0.5, 0.6) is 0 Å². The Kier molecular flexibility index (Phi) is 8.31. The summed E-state index contributed by atoms with van der Waals surface area (Å²) in [6, 6.07) is 17.3. The van der Waals surface area contributed by atoms with E-state index in [4.69, 9.17) is 14.5 Å². The van der Waals surface area contributed by atoms with Crippen molar-refractivity contribution >= 4 is 16.8 Å². The van der Waals surface area contributed by atoms with Gasteiger partial charge in [-0.25, -0.2) is 4.98 Å². The lowest BCUT2D eigenvalue weighted by molar-refractivity contribution is -0.135. The second kappa shape index (κ2) is 11.6. The standard InChI is InChI=1S/C28H35N3O4/c1-4-25(26-29-24-14-9-8-13-21(24)27(32)31(26)16-18-35-3)30(15-10-17-34-2)28(33)23-19-22(23)20-11-6-5-7-12-20/h5-9,11-14,22-23,25H,4,10,15-19H2,1-3H3. The van der Waals surface area contributed by atoms with E-state index in [1.807, 2.05) is 48.2 Å².